The summed E-state index contributed by atoms with van der Waals surface area (Å²) in [5.74, 6) is -1.46. The number of benzene rings is 3. The maximum absolute atomic E-state index is 12.5. The fourth-order valence-electron chi connectivity index (χ4n) is 9.97. The van der Waals surface area contributed by atoms with E-state index in [0.717, 1.165) is 63.5 Å². The molecular weight excluding hydrogens is 1060 g/mol. The quantitative estimate of drug-likeness (QED) is 0.0129. The van der Waals surface area contributed by atoms with Gasteiger partial charge in [0, 0.05) is 57.3 Å². The number of nitrogens with zero attached hydrogens (tertiary/aromatic N) is 4. The van der Waals surface area contributed by atoms with Crippen LogP contribution in [0, 0.1) is 5.92 Å². The minimum atomic E-state index is -4.58. The van der Waals surface area contributed by atoms with Crippen LogP contribution in [-0.2, 0) is 64.7 Å². The molecule has 0 amide bonds. The lowest BCUT2D eigenvalue weighted by Gasteiger charge is -2.27. The van der Waals surface area contributed by atoms with Crippen LogP contribution in [0.25, 0.3) is 0 Å². The van der Waals surface area contributed by atoms with E-state index in [1.54, 1.807) is 43.3 Å². The Kier molecular flexibility index (Phi) is 18.1. The minimum Gasteiger partial charge on any atom is -0.479 e. The Morgan fingerprint density at radius 1 is 0.770 bits per heavy atom. The largest absolute Gasteiger partial charge is 0.479 e. The standard InChI is InChI=1S/C48H58N4O17S5/c1-6-65-45-44(46(53)52(49-45)33-15-17-34(18-16-33)70-68-66-54)43-31(13-23-41-47(2,3)37-29-35(71-69-67-55)19-21-39(37)50(41)25-7-9-27-72(56,57)58)11-12-32(43)14-24-42-48(4,5)38-30-36(74(62,63)64)20-22-40(38)51(42)26-8-10-28-73(59,60)61/h13-24,29-30,44,46,53H,6-12,25-28H2,1-5H3,(H4-,54,55,56,57,58,59,60,61,62,63,64)/p+1. The molecule has 6 N–H and O–H groups in total. The fourth-order valence-corrected chi connectivity index (χ4v) is 12.4. The van der Waals surface area contributed by atoms with Crippen molar-refractivity contribution in [3.8, 4) is 0 Å². The van der Waals surface area contributed by atoms with Gasteiger partial charge in [-0.15, -0.1) is 13.8 Å². The van der Waals surface area contributed by atoms with Crippen LogP contribution in [0.5, 0.6) is 0 Å². The highest BCUT2D eigenvalue weighted by Gasteiger charge is 2.47. The van der Waals surface area contributed by atoms with Gasteiger partial charge in [-0.3, -0.25) is 13.7 Å². The number of fused-ring (bicyclic) bond motifs is 2. The van der Waals surface area contributed by atoms with E-state index in [2.05, 4.69) is 19.0 Å². The Morgan fingerprint density at radius 2 is 1.42 bits per heavy atom. The summed E-state index contributed by atoms with van der Waals surface area (Å²) in [6, 6.07) is 16.7. The van der Waals surface area contributed by atoms with Crippen molar-refractivity contribution in [2.45, 2.75) is 105 Å². The molecule has 3 aromatic rings. The number of aliphatic hydroxyl groups is 1. The van der Waals surface area contributed by atoms with Gasteiger partial charge in [-0.05, 0) is 136 Å². The highest BCUT2D eigenvalue weighted by molar-refractivity contribution is 7.94. The monoisotopic (exact) mass is 1120 g/mol. The van der Waals surface area contributed by atoms with Crippen LogP contribution in [0.15, 0.2) is 127 Å². The van der Waals surface area contributed by atoms with E-state index in [0.29, 0.717) is 65.5 Å². The van der Waals surface area contributed by atoms with Crippen LogP contribution in [0.2, 0.25) is 0 Å². The number of aliphatic hydroxyl groups excluding tert-OH is 1. The molecule has 0 spiro atoms. The average Bonchev–Trinajstić information content (AvgIpc) is 4.00. The second kappa shape index (κ2) is 23.4. The number of allylic oxidation sites excluding steroid dienone is 7. The molecule has 0 saturated heterocycles. The first-order valence-electron chi connectivity index (χ1n) is 23.4. The molecule has 0 bridgehead atoms. The number of rotatable bonds is 23. The van der Waals surface area contributed by atoms with Crippen molar-refractivity contribution in [3.05, 3.63) is 119 Å². The smallest absolute Gasteiger partial charge is 0.294 e. The Balaban J connectivity index is 1.37. The van der Waals surface area contributed by atoms with Crippen LogP contribution in [0.4, 0.5) is 17.1 Å². The molecule has 402 valence electrons. The SMILES string of the molecule is CCOC1=NN(c2ccc(SOOO)cc2)C(O)C1C1=C(C=CC2=[N+](CCCCS(=O)(=O)O)c3ccc(SOOO)cc3C2(C)C)CCC1=C/C=C1/N(CCCCS(=O)(=O)O)c2ccc(S(=O)(=O)O)cc2C1(C)C. The first-order valence-corrected chi connectivity index (χ1v) is 29.5. The van der Waals surface area contributed by atoms with Gasteiger partial charge in [0.1, 0.15) is 12.5 Å². The molecule has 0 radical (unpaired) electrons. The van der Waals surface area contributed by atoms with Crippen molar-refractivity contribution >= 4 is 83.1 Å². The Bertz CT molecular complexity index is 3140. The van der Waals surface area contributed by atoms with Crippen molar-refractivity contribution in [2.75, 3.05) is 41.1 Å². The summed E-state index contributed by atoms with van der Waals surface area (Å²) in [4.78, 5) is 2.90. The van der Waals surface area contributed by atoms with Crippen molar-refractivity contribution in [1.82, 2.24) is 0 Å². The van der Waals surface area contributed by atoms with Gasteiger partial charge in [-0.1, -0.05) is 36.1 Å². The van der Waals surface area contributed by atoms with Crippen molar-refractivity contribution in [2.24, 2.45) is 11.0 Å². The summed E-state index contributed by atoms with van der Waals surface area (Å²) < 4.78 is 118. The number of anilines is 2. The molecule has 4 aliphatic rings. The lowest BCUT2D eigenvalue weighted by Crippen LogP contribution is -2.35. The van der Waals surface area contributed by atoms with E-state index in [4.69, 9.17) is 24.7 Å². The maximum Gasteiger partial charge on any atom is 0.294 e. The first-order chi connectivity index (χ1) is 34.9. The third kappa shape index (κ3) is 13.0. The topological polar surface area (TPSA) is 292 Å². The lowest BCUT2D eigenvalue weighted by molar-refractivity contribution is -0.438. The fraction of sp³-hybridized carbons (Fsp3) is 0.417. The summed E-state index contributed by atoms with van der Waals surface area (Å²) in [5.41, 5.74) is 5.95. The summed E-state index contributed by atoms with van der Waals surface area (Å²) in [7, 11) is -13.0. The minimum absolute atomic E-state index is 0.142. The van der Waals surface area contributed by atoms with Gasteiger partial charge in [0.25, 0.3) is 30.4 Å². The molecule has 74 heavy (non-hydrogen) atoms. The molecule has 3 heterocycles. The molecule has 3 aromatic carbocycles. The molecule has 2 unspecified atom stereocenters. The van der Waals surface area contributed by atoms with Crippen LogP contribution in [0.1, 0.15) is 84.3 Å². The molecular formula is C48H59N4O17S5+. The molecule has 7 rings (SSSR count). The Labute approximate surface area is 438 Å². The maximum atomic E-state index is 12.5. The van der Waals surface area contributed by atoms with Crippen molar-refractivity contribution in [3.63, 3.8) is 0 Å². The zero-order valence-electron chi connectivity index (χ0n) is 41.0. The van der Waals surface area contributed by atoms with E-state index in [1.165, 1.54) is 17.1 Å². The number of hydrogen-bond acceptors (Lipinski definition) is 19. The second-order valence-corrected chi connectivity index (χ2v) is 24.9. The lowest BCUT2D eigenvalue weighted by atomic mass is 9.81. The van der Waals surface area contributed by atoms with Gasteiger partial charge in [-0.2, -0.15) is 29.8 Å². The third-order valence-electron chi connectivity index (χ3n) is 13.4. The molecule has 2 atom stereocenters. The van der Waals surface area contributed by atoms with E-state index < -0.39 is 64.8 Å². The highest BCUT2D eigenvalue weighted by atomic mass is 32.2. The van der Waals surface area contributed by atoms with Crippen molar-refractivity contribution < 1.29 is 82.6 Å². The van der Waals surface area contributed by atoms with Crippen molar-refractivity contribution in [1.29, 1.82) is 0 Å². The summed E-state index contributed by atoms with van der Waals surface area (Å²) in [6.45, 7) is 10.6. The predicted octanol–water partition coefficient (Wildman–Crippen LogP) is 8.56. The predicted molar refractivity (Wildman–Crippen MR) is 278 cm³/mol. The van der Waals surface area contributed by atoms with Gasteiger partial charge in [-0.25, -0.2) is 15.5 Å². The van der Waals surface area contributed by atoms with Gasteiger partial charge in [0.05, 0.1) is 58.2 Å². The molecule has 0 fully saturated rings. The number of ether oxygens (including phenoxy) is 1. The molecule has 0 saturated carbocycles. The first kappa shape index (κ1) is 57.2. The van der Waals surface area contributed by atoms with Crippen LogP contribution in [0.3, 0.4) is 0 Å². The molecule has 21 nitrogen and oxygen atoms in total. The summed E-state index contributed by atoms with van der Waals surface area (Å²) in [5, 5.41) is 43.9. The number of hydrogen-bond donors (Lipinski definition) is 6. The molecule has 1 aliphatic carbocycles. The summed E-state index contributed by atoms with van der Waals surface area (Å²) in [6.07, 6.45) is 8.64. The van der Waals surface area contributed by atoms with E-state index in [1.807, 2.05) is 69.0 Å². The Hall–Kier alpha value is -4.49. The second-order valence-electron chi connectivity index (χ2n) is 18.8. The zero-order chi connectivity index (χ0) is 53.8. The van der Waals surface area contributed by atoms with Gasteiger partial charge < -0.3 is 14.7 Å². The molecule has 0 aromatic heterocycles. The number of unbranched alkanes of at least 4 members (excludes halogenated alkanes) is 2. The van der Waals surface area contributed by atoms with Gasteiger partial charge >= 0.3 is 0 Å². The van der Waals surface area contributed by atoms with Crippen LogP contribution in [-0.4, -0.2) is 108 Å². The van der Waals surface area contributed by atoms with E-state index in [-0.39, 0.29) is 30.2 Å². The zero-order valence-corrected chi connectivity index (χ0v) is 45.1. The molecule has 3 aliphatic heterocycles. The van der Waals surface area contributed by atoms with Crippen LogP contribution < -0.4 is 9.91 Å². The Morgan fingerprint density at radius 3 is 2.05 bits per heavy atom. The third-order valence-corrected chi connectivity index (χ3v) is 17.0. The van der Waals surface area contributed by atoms with E-state index in [9.17, 15) is 44.0 Å². The average molecular weight is 1120 g/mol. The van der Waals surface area contributed by atoms with Gasteiger partial charge in [0.15, 0.2) is 11.9 Å². The van der Waals surface area contributed by atoms with Crippen LogP contribution >= 0.6 is 24.1 Å². The normalized spacial score (nSPS) is 20.7. The summed E-state index contributed by atoms with van der Waals surface area (Å²) >= 11 is 1.58. The van der Waals surface area contributed by atoms with Gasteiger partial charge in [0.2, 0.25) is 11.6 Å². The van der Waals surface area contributed by atoms with E-state index >= 15 is 0 Å². The highest BCUT2D eigenvalue weighted by Crippen LogP contribution is 2.50. The number of hydrazone groups is 1. The molecule has 26 heteroatoms.